The molecule has 0 bridgehead atoms. The van der Waals surface area contributed by atoms with Crippen LogP contribution in [0.1, 0.15) is 44.5 Å². The van der Waals surface area contributed by atoms with E-state index in [9.17, 15) is 0 Å². The molecule has 3 heteroatoms. The first-order valence-corrected chi connectivity index (χ1v) is 24.5. The molecule has 0 fully saturated rings. The van der Waals surface area contributed by atoms with Crippen LogP contribution >= 0.6 is 0 Å². The summed E-state index contributed by atoms with van der Waals surface area (Å²) >= 11 is 0. The summed E-state index contributed by atoms with van der Waals surface area (Å²) in [4.78, 5) is 2.45. The number of hydrogen-bond donors (Lipinski definition) is 0. The van der Waals surface area contributed by atoms with Crippen molar-refractivity contribution in [3.8, 4) is 67.5 Å². The van der Waals surface area contributed by atoms with Crippen LogP contribution < -0.4 is 14.4 Å². The fourth-order valence-electron chi connectivity index (χ4n) is 12.7. The zero-order valence-corrected chi connectivity index (χ0v) is 38.6. The van der Waals surface area contributed by atoms with E-state index in [4.69, 9.17) is 9.47 Å². The van der Waals surface area contributed by atoms with Gasteiger partial charge in [-0.1, -0.05) is 200 Å². The minimum atomic E-state index is -0.609. The van der Waals surface area contributed by atoms with Gasteiger partial charge in [0.15, 0.2) is 0 Å². The molecule has 71 heavy (non-hydrogen) atoms. The number of hydrogen-bond acceptors (Lipinski definition) is 3. The van der Waals surface area contributed by atoms with Gasteiger partial charge in [0.05, 0.1) is 10.8 Å². The van der Waals surface area contributed by atoms with E-state index in [1.165, 1.54) is 61.2 Å². The second-order valence-corrected chi connectivity index (χ2v) is 19.1. The van der Waals surface area contributed by atoms with Crippen LogP contribution in [0.4, 0.5) is 17.1 Å². The van der Waals surface area contributed by atoms with Gasteiger partial charge in [-0.05, 0) is 127 Å². The molecule has 0 amide bonds. The smallest absolute Gasteiger partial charge is 0.132 e. The van der Waals surface area contributed by atoms with Gasteiger partial charge in [-0.25, -0.2) is 0 Å². The van der Waals surface area contributed by atoms with Crippen molar-refractivity contribution in [3.05, 3.63) is 305 Å². The lowest BCUT2D eigenvalue weighted by Gasteiger charge is -2.40. The number of para-hydroxylation sites is 4. The highest BCUT2D eigenvalue weighted by molar-refractivity contribution is 5.94. The fraction of sp³-hybridized carbons (Fsp3) is 0.0294. The number of ether oxygens (including phenoxy) is 2. The maximum absolute atomic E-state index is 6.73. The molecule has 11 aromatic rings. The average molecular weight is 906 g/mol. The SMILES string of the molecule is c1ccc(-c2ccc(-c3ccc(N(c4ccc5c(c4)-c4ccccc4C54c5ccccc5Oc5ccccc54)c4ccc5c(c4)C4(c6ccccc6Oc6ccccc64)c4ccccc4-5)cc3)cc2)cc1. The minimum absolute atomic E-state index is 0.562. The van der Waals surface area contributed by atoms with E-state index in [1.807, 2.05) is 0 Å². The summed E-state index contributed by atoms with van der Waals surface area (Å²) in [5.74, 6) is 3.54. The second kappa shape index (κ2) is 15.2. The molecule has 0 aromatic heterocycles. The molecular formula is C68H43NO2. The normalized spacial score (nSPS) is 14.1. The van der Waals surface area contributed by atoms with E-state index >= 15 is 0 Å². The molecule has 0 saturated carbocycles. The lowest BCUT2D eigenvalue weighted by molar-refractivity contribution is 0.436. The van der Waals surface area contributed by atoms with E-state index in [2.05, 4.69) is 266 Å². The summed E-state index contributed by atoms with van der Waals surface area (Å²) in [7, 11) is 0. The zero-order chi connectivity index (χ0) is 46.7. The molecule has 15 rings (SSSR count). The highest BCUT2D eigenvalue weighted by atomic mass is 16.5. The van der Waals surface area contributed by atoms with Crippen LogP contribution in [0.15, 0.2) is 261 Å². The Bertz CT molecular complexity index is 3860. The zero-order valence-electron chi connectivity index (χ0n) is 38.6. The molecule has 0 atom stereocenters. The summed E-state index contributed by atoms with van der Waals surface area (Å²) in [5, 5.41) is 0. The molecule has 2 aliphatic heterocycles. The topological polar surface area (TPSA) is 21.7 Å². The van der Waals surface area contributed by atoms with Crippen LogP contribution in [-0.4, -0.2) is 0 Å². The lowest BCUT2D eigenvalue weighted by Crippen LogP contribution is -2.32. The van der Waals surface area contributed by atoms with Crippen LogP contribution in [0.5, 0.6) is 23.0 Å². The van der Waals surface area contributed by atoms with Crippen molar-refractivity contribution in [2.45, 2.75) is 10.8 Å². The molecule has 2 aliphatic carbocycles. The van der Waals surface area contributed by atoms with Gasteiger partial charge in [0, 0.05) is 39.3 Å². The van der Waals surface area contributed by atoms with Crippen LogP contribution in [0.25, 0.3) is 44.5 Å². The maximum Gasteiger partial charge on any atom is 0.132 e. The third kappa shape index (κ3) is 5.54. The first kappa shape index (κ1) is 39.8. The Hall–Kier alpha value is -9.18. The number of fused-ring (bicyclic) bond motifs is 18. The van der Waals surface area contributed by atoms with E-state index in [1.54, 1.807) is 0 Å². The van der Waals surface area contributed by atoms with E-state index in [0.717, 1.165) is 67.9 Å². The summed E-state index contributed by atoms with van der Waals surface area (Å²) in [6.07, 6.45) is 0. The molecule has 0 saturated heterocycles. The lowest BCUT2D eigenvalue weighted by atomic mass is 9.66. The quantitative estimate of drug-likeness (QED) is 0.172. The highest BCUT2D eigenvalue weighted by Gasteiger charge is 2.53. The van der Waals surface area contributed by atoms with Crippen LogP contribution in [0.2, 0.25) is 0 Å². The largest absolute Gasteiger partial charge is 0.457 e. The van der Waals surface area contributed by atoms with Crippen LogP contribution in [-0.2, 0) is 10.8 Å². The van der Waals surface area contributed by atoms with Gasteiger partial charge in [0.25, 0.3) is 0 Å². The van der Waals surface area contributed by atoms with Gasteiger partial charge >= 0.3 is 0 Å². The number of nitrogens with zero attached hydrogens (tertiary/aromatic N) is 1. The predicted molar refractivity (Wildman–Crippen MR) is 287 cm³/mol. The van der Waals surface area contributed by atoms with Crippen molar-refractivity contribution in [2.75, 3.05) is 4.90 Å². The molecule has 3 nitrogen and oxygen atoms in total. The van der Waals surface area contributed by atoms with Gasteiger partial charge in [0.2, 0.25) is 0 Å². The van der Waals surface area contributed by atoms with E-state index in [0.29, 0.717) is 0 Å². The van der Waals surface area contributed by atoms with Gasteiger partial charge in [-0.3, -0.25) is 0 Å². The van der Waals surface area contributed by atoms with Crippen molar-refractivity contribution in [1.82, 2.24) is 0 Å². The average Bonchev–Trinajstić information content (AvgIpc) is 3.89. The molecule has 0 radical (unpaired) electrons. The van der Waals surface area contributed by atoms with Crippen molar-refractivity contribution in [2.24, 2.45) is 0 Å². The summed E-state index contributed by atoms with van der Waals surface area (Å²) < 4.78 is 13.4. The second-order valence-electron chi connectivity index (χ2n) is 19.1. The van der Waals surface area contributed by atoms with Gasteiger partial charge in [-0.2, -0.15) is 0 Å². The maximum atomic E-state index is 6.73. The third-order valence-corrected chi connectivity index (χ3v) is 15.6. The Kier molecular flexibility index (Phi) is 8.49. The first-order chi connectivity index (χ1) is 35.2. The molecule has 4 aliphatic rings. The molecule has 0 unspecified atom stereocenters. The minimum Gasteiger partial charge on any atom is -0.457 e. The molecule has 332 valence electrons. The summed E-state index contributed by atoms with van der Waals surface area (Å²) in [5.41, 5.74) is 21.3. The standard InChI is InChI=1S/C68H43NO2/c1-2-16-44(17-3-1)45-30-32-46(33-31-45)47-34-36-48(37-35-47)69(49-39-41-57-54(42-49)52-19-5-7-21-56(52)67(57)58-22-8-12-26-63(58)70-64-27-13-9-23-59(64)67)50-38-40-53-51-18-4-6-20-55(51)68(62(53)43-50)60-24-10-14-28-65(60)71-66-29-15-11-25-61(66)68/h1-43H. The third-order valence-electron chi connectivity index (χ3n) is 15.6. The number of rotatable bonds is 5. The van der Waals surface area contributed by atoms with Gasteiger partial charge in [-0.15, -0.1) is 0 Å². The summed E-state index contributed by atoms with van der Waals surface area (Å²) in [6.45, 7) is 0. The van der Waals surface area contributed by atoms with Crippen molar-refractivity contribution >= 4 is 17.1 Å². The number of benzene rings is 11. The van der Waals surface area contributed by atoms with Crippen LogP contribution in [0.3, 0.4) is 0 Å². The van der Waals surface area contributed by atoms with Gasteiger partial charge in [0.1, 0.15) is 23.0 Å². The Morgan fingerprint density at radius 2 is 0.563 bits per heavy atom. The predicted octanol–water partition coefficient (Wildman–Crippen LogP) is 17.4. The Labute approximate surface area is 413 Å². The van der Waals surface area contributed by atoms with E-state index in [-0.39, 0.29) is 0 Å². The fourth-order valence-corrected chi connectivity index (χ4v) is 12.7. The van der Waals surface area contributed by atoms with Crippen molar-refractivity contribution in [1.29, 1.82) is 0 Å². The van der Waals surface area contributed by atoms with E-state index < -0.39 is 10.8 Å². The molecule has 0 N–H and O–H groups in total. The number of anilines is 3. The highest BCUT2D eigenvalue weighted by Crippen LogP contribution is 2.65. The molecule has 2 spiro atoms. The Morgan fingerprint density at radius 3 is 1.08 bits per heavy atom. The van der Waals surface area contributed by atoms with Gasteiger partial charge < -0.3 is 14.4 Å². The molecule has 2 heterocycles. The summed E-state index contributed by atoms with van der Waals surface area (Å²) in [6, 6.07) is 95.1. The molecule has 11 aromatic carbocycles. The Morgan fingerprint density at radius 1 is 0.225 bits per heavy atom. The first-order valence-electron chi connectivity index (χ1n) is 24.5. The van der Waals surface area contributed by atoms with Crippen LogP contribution in [0, 0.1) is 0 Å². The molecular weight excluding hydrogens is 863 g/mol. The Balaban J connectivity index is 0.949. The monoisotopic (exact) mass is 905 g/mol. The van der Waals surface area contributed by atoms with Crippen molar-refractivity contribution in [3.63, 3.8) is 0 Å². The van der Waals surface area contributed by atoms with Crippen molar-refractivity contribution < 1.29 is 9.47 Å².